The Hall–Kier alpha value is -2.27. The van der Waals surface area contributed by atoms with Crippen LogP contribution in [-0.4, -0.2) is 20.5 Å². The molecule has 0 aliphatic rings. The summed E-state index contributed by atoms with van der Waals surface area (Å²) in [5.74, 6) is 0.0472. The molecule has 2 heterocycles. The first kappa shape index (κ1) is 13.7. The van der Waals surface area contributed by atoms with E-state index in [9.17, 15) is 4.79 Å². The number of benzene rings is 1. The predicted octanol–water partition coefficient (Wildman–Crippen LogP) is 3.37. The first-order valence-corrected chi connectivity index (χ1v) is 7.51. The number of hydrogen-bond acceptors (Lipinski definition) is 4. The zero-order chi connectivity index (χ0) is 14.8. The van der Waals surface area contributed by atoms with Gasteiger partial charge >= 0.3 is 0 Å². The quantitative estimate of drug-likeness (QED) is 0.694. The Morgan fingerprint density at radius 3 is 2.67 bits per heavy atom. The minimum Gasteiger partial charge on any atom is -0.294 e. The largest absolute Gasteiger partial charge is 0.294 e. The van der Waals surface area contributed by atoms with Crippen LogP contribution in [0.2, 0.25) is 0 Å². The molecule has 0 amide bonds. The molecular weight excluding hydrogens is 282 g/mol. The second-order valence-electron chi connectivity index (χ2n) is 4.86. The summed E-state index contributed by atoms with van der Waals surface area (Å²) in [6.45, 7) is 3.99. The van der Waals surface area contributed by atoms with E-state index in [0.29, 0.717) is 12.0 Å². The van der Waals surface area contributed by atoms with Gasteiger partial charge in [0.2, 0.25) is 0 Å². The first-order valence-electron chi connectivity index (χ1n) is 6.69. The fraction of sp³-hybridized carbons (Fsp3) is 0.188. The van der Waals surface area contributed by atoms with Crippen molar-refractivity contribution in [2.45, 2.75) is 20.3 Å². The number of rotatable bonds is 4. The van der Waals surface area contributed by atoms with Crippen molar-refractivity contribution in [3.8, 4) is 5.69 Å². The molecule has 0 aliphatic carbocycles. The van der Waals surface area contributed by atoms with Crippen molar-refractivity contribution in [1.29, 1.82) is 0 Å². The van der Waals surface area contributed by atoms with Gasteiger partial charge in [0.15, 0.2) is 5.78 Å². The fourth-order valence-electron chi connectivity index (χ4n) is 2.04. The molecule has 0 unspecified atom stereocenters. The number of carbonyl (C=O) groups is 1. The van der Waals surface area contributed by atoms with Gasteiger partial charge in [0.25, 0.3) is 0 Å². The number of aryl methyl sites for hydroxylation is 2. The Labute approximate surface area is 127 Å². The van der Waals surface area contributed by atoms with Crippen molar-refractivity contribution in [2.75, 3.05) is 0 Å². The maximum atomic E-state index is 12.3. The second kappa shape index (κ2) is 5.61. The van der Waals surface area contributed by atoms with E-state index in [2.05, 4.69) is 10.1 Å². The molecule has 0 radical (unpaired) electrons. The smallest absolute Gasteiger partial charge is 0.172 e. The molecule has 1 aromatic carbocycles. The number of para-hydroxylation sites is 1. The normalized spacial score (nSPS) is 10.8. The highest BCUT2D eigenvalue weighted by Crippen LogP contribution is 2.18. The highest BCUT2D eigenvalue weighted by atomic mass is 32.1. The SMILES string of the molecule is Cc1nc(CC(=O)c2cnn(-c3ccccc3)c2)sc1C. The van der Waals surface area contributed by atoms with Gasteiger partial charge in [-0.15, -0.1) is 11.3 Å². The van der Waals surface area contributed by atoms with Crippen LogP contribution < -0.4 is 0 Å². The van der Waals surface area contributed by atoms with Gasteiger partial charge in [-0.3, -0.25) is 4.79 Å². The zero-order valence-corrected chi connectivity index (χ0v) is 12.7. The third kappa shape index (κ3) is 2.92. The summed E-state index contributed by atoms with van der Waals surface area (Å²) in [7, 11) is 0. The van der Waals surface area contributed by atoms with E-state index in [4.69, 9.17) is 0 Å². The summed E-state index contributed by atoms with van der Waals surface area (Å²) in [4.78, 5) is 17.9. The lowest BCUT2D eigenvalue weighted by Crippen LogP contribution is -2.02. The minimum atomic E-state index is 0.0472. The van der Waals surface area contributed by atoms with Gasteiger partial charge in [-0.05, 0) is 26.0 Å². The lowest BCUT2D eigenvalue weighted by molar-refractivity contribution is 0.0993. The molecule has 3 aromatic rings. The third-order valence-corrected chi connectivity index (χ3v) is 4.38. The third-order valence-electron chi connectivity index (χ3n) is 3.31. The van der Waals surface area contributed by atoms with Gasteiger partial charge in [-0.1, -0.05) is 18.2 Å². The van der Waals surface area contributed by atoms with Gasteiger partial charge in [0.05, 0.1) is 29.6 Å². The zero-order valence-electron chi connectivity index (χ0n) is 11.9. The lowest BCUT2D eigenvalue weighted by Gasteiger charge is -1.98. The summed E-state index contributed by atoms with van der Waals surface area (Å²) in [6, 6.07) is 9.75. The topological polar surface area (TPSA) is 47.8 Å². The van der Waals surface area contributed by atoms with Crippen LogP contribution in [0.15, 0.2) is 42.7 Å². The second-order valence-corrected chi connectivity index (χ2v) is 6.15. The molecular formula is C16H15N3OS. The standard InChI is InChI=1S/C16H15N3OS/c1-11-12(2)21-16(18-11)8-15(20)13-9-17-19(10-13)14-6-4-3-5-7-14/h3-7,9-10H,8H2,1-2H3. The van der Waals surface area contributed by atoms with Gasteiger partial charge in [0, 0.05) is 11.1 Å². The van der Waals surface area contributed by atoms with Gasteiger partial charge in [-0.25, -0.2) is 9.67 Å². The number of thiazole rings is 1. The van der Waals surface area contributed by atoms with E-state index in [1.807, 2.05) is 44.2 Å². The summed E-state index contributed by atoms with van der Waals surface area (Å²) in [5.41, 5.74) is 2.56. The number of carbonyl (C=O) groups excluding carboxylic acids is 1. The Morgan fingerprint density at radius 1 is 1.24 bits per heavy atom. The van der Waals surface area contributed by atoms with Gasteiger partial charge in [0.1, 0.15) is 5.01 Å². The van der Waals surface area contributed by atoms with Crippen LogP contribution in [0.1, 0.15) is 25.9 Å². The van der Waals surface area contributed by atoms with Crippen LogP contribution in [0.3, 0.4) is 0 Å². The summed E-state index contributed by atoms with van der Waals surface area (Å²) in [5, 5.41) is 5.11. The molecule has 0 atom stereocenters. The Morgan fingerprint density at radius 2 is 2.00 bits per heavy atom. The van der Waals surface area contributed by atoms with E-state index >= 15 is 0 Å². The van der Waals surface area contributed by atoms with Crippen molar-refractivity contribution in [2.24, 2.45) is 0 Å². The van der Waals surface area contributed by atoms with Crippen molar-refractivity contribution >= 4 is 17.1 Å². The van der Waals surface area contributed by atoms with Crippen LogP contribution in [0.4, 0.5) is 0 Å². The highest BCUT2D eigenvalue weighted by molar-refractivity contribution is 7.11. The predicted molar refractivity (Wildman–Crippen MR) is 83.2 cm³/mol. The average Bonchev–Trinajstić information content (AvgIpc) is 3.08. The summed E-state index contributed by atoms with van der Waals surface area (Å²) in [6.07, 6.45) is 3.72. The number of nitrogens with zero attached hydrogens (tertiary/aromatic N) is 3. The van der Waals surface area contributed by atoms with Crippen molar-refractivity contribution < 1.29 is 4.79 Å². The summed E-state index contributed by atoms with van der Waals surface area (Å²) < 4.78 is 1.71. The van der Waals surface area contributed by atoms with Crippen LogP contribution >= 0.6 is 11.3 Å². The molecule has 2 aromatic heterocycles. The van der Waals surface area contributed by atoms with Crippen molar-refractivity contribution in [3.05, 3.63) is 63.9 Å². The first-order chi connectivity index (χ1) is 10.1. The average molecular weight is 297 g/mol. The maximum absolute atomic E-state index is 12.3. The molecule has 0 spiro atoms. The van der Waals surface area contributed by atoms with Crippen molar-refractivity contribution in [3.63, 3.8) is 0 Å². The van der Waals surface area contributed by atoms with E-state index in [1.54, 1.807) is 28.4 Å². The van der Waals surface area contributed by atoms with E-state index in [0.717, 1.165) is 21.3 Å². The molecule has 0 fully saturated rings. The van der Waals surface area contributed by atoms with Crippen molar-refractivity contribution in [1.82, 2.24) is 14.8 Å². The highest BCUT2D eigenvalue weighted by Gasteiger charge is 2.13. The monoisotopic (exact) mass is 297 g/mol. The molecule has 4 nitrogen and oxygen atoms in total. The van der Waals surface area contributed by atoms with Crippen LogP contribution in [-0.2, 0) is 6.42 Å². The maximum Gasteiger partial charge on any atom is 0.172 e. The molecule has 0 N–H and O–H groups in total. The Bertz CT molecular complexity index is 754. The van der Waals surface area contributed by atoms with E-state index in [1.165, 1.54) is 0 Å². The van der Waals surface area contributed by atoms with E-state index < -0.39 is 0 Å². The van der Waals surface area contributed by atoms with Crippen LogP contribution in [0, 0.1) is 13.8 Å². The molecule has 106 valence electrons. The molecule has 3 rings (SSSR count). The Kier molecular flexibility index (Phi) is 3.66. The van der Waals surface area contributed by atoms with Crippen LogP contribution in [0.25, 0.3) is 5.69 Å². The molecule has 0 saturated carbocycles. The Balaban J connectivity index is 1.78. The molecule has 5 heteroatoms. The van der Waals surface area contributed by atoms with Gasteiger partial charge < -0.3 is 0 Å². The number of Topliss-reactive ketones (excluding diaryl/α,β-unsaturated/α-hetero) is 1. The number of ketones is 1. The molecule has 0 bridgehead atoms. The number of hydrogen-bond donors (Lipinski definition) is 0. The summed E-state index contributed by atoms with van der Waals surface area (Å²) >= 11 is 1.58. The lowest BCUT2D eigenvalue weighted by atomic mass is 10.2. The fourth-order valence-corrected chi connectivity index (χ4v) is 2.98. The molecule has 0 aliphatic heterocycles. The number of aromatic nitrogens is 3. The molecule has 0 saturated heterocycles. The van der Waals surface area contributed by atoms with Gasteiger partial charge in [-0.2, -0.15) is 5.10 Å². The van der Waals surface area contributed by atoms with Crippen LogP contribution in [0.5, 0.6) is 0 Å². The minimum absolute atomic E-state index is 0.0472. The van der Waals surface area contributed by atoms with E-state index in [-0.39, 0.29) is 5.78 Å². The molecule has 21 heavy (non-hydrogen) atoms.